The molecule has 0 unspecified atom stereocenters. The van der Waals surface area contributed by atoms with Crippen molar-refractivity contribution in [1.29, 1.82) is 0 Å². The van der Waals surface area contributed by atoms with E-state index in [1.807, 2.05) is 13.8 Å². The quantitative estimate of drug-likeness (QED) is 0.642. The predicted molar refractivity (Wildman–Crippen MR) is 89.0 cm³/mol. The molecule has 0 aliphatic heterocycles. The largest absolute Gasteiger partial charge is 0.395 e. The molecule has 0 aliphatic rings. The Morgan fingerprint density at radius 1 is 1.18 bits per heavy atom. The molecule has 0 amide bonds. The van der Waals surface area contributed by atoms with Gasteiger partial charge in [-0.1, -0.05) is 38.5 Å². The molecular formula is C16H28N2O3S. The van der Waals surface area contributed by atoms with Gasteiger partial charge in [-0.15, -0.1) is 0 Å². The van der Waals surface area contributed by atoms with Gasteiger partial charge in [-0.25, -0.2) is 8.42 Å². The Hall–Kier alpha value is -0.950. The van der Waals surface area contributed by atoms with Gasteiger partial charge in [-0.05, 0) is 37.4 Å². The van der Waals surface area contributed by atoms with Crippen LogP contribution in [0.1, 0.15) is 33.1 Å². The molecule has 0 aromatic heterocycles. The Morgan fingerprint density at radius 3 is 2.32 bits per heavy atom. The molecule has 5 nitrogen and oxygen atoms in total. The predicted octanol–water partition coefficient (Wildman–Crippen LogP) is 1.82. The summed E-state index contributed by atoms with van der Waals surface area (Å²) in [4.78, 5) is 0.271. The van der Waals surface area contributed by atoms with Crippen molar-refractivity contribution >= 4 is 10.0 Å². The summed E-state index contributed by atoms with van der Waals surface area (Å²) in [6, 6.07) is 8.00. The lowest BCUT2D eigenvalue weighted by molar-refractivity contribution is 0.168. The van der Waals surface area contributed by atoms with E-state index in [4.69, 9.17) is 5.73 Å². The molecule has 1 aromatic rings. The average molecular weight is 328 g/mol. The molecule has 1 atom stereocenters. The molecule has 0 heterocycles. The van der Waals surface area contributed by atoms with Gasteiger partial charge in [0, 0.05) is 12.6 Å². The fourth-order valence-corrected chi connectivity index (χ4v) is 4.21. The van der Waals surface area contributed by atoms with E-state index in [-0.39, 0.29) is 17.4 Å². The Kier molecular flexibility index (Phi) is 8.03. The fourth-order valence-electron chi connectivity index (χ4n) is 2.38. The molecule has 126 valence electrons. The number of aliphatic hydroxyl groups is 1. The van der Waals surface area contributed by atoms with Crippen LogP contribution in [0.15, 0.2) is 35.2 Å². The first-order chi connectivity index (χ1) is 10.4. The van der Waals surface area contributed by atoms with Crippen molar-refractivity contribution in [3.8, 4) is 0 Å². The van der Waals surface area contributed by atoms with E-state index in [0.717, 1.165) is 12.8 Å². The highest BCUT2D eigenvalue weighted by Crippen LogP contribution is 2.22. The number of rotatable bonds is 10. The van der Waals surface area contributed by atoms with Crippen LogP contribution in [-0.4, -0.2) is 43.6 Å². The van der Waals surface area contributed by atoms with Gasteiger partial charge in [0.05, 0.1) is 11.5 Å². The minimum atomic E-state index is -3.60. The van der Waals surface area contributed by atoms with E-state index in [2.05, 4.69) is 0 Å². The Labute approximate surface area is 134 Å². The van der Waals surface area contributed by atoms with Crippen LogP contribution in [-0.2, 0) is 10.0 Å². The molecule has 3 N–H and O–H groups in total. The lowest BCUT2D eigenvalue weighted by Gasteiger charge is -2.31. The molecule has 0 aliphatic carbocycles. The maximum atomic E-state index is 12.9. The smallest absolute Gasteiger partial charge is 0.243 e. The van der Waals surface area contributed by atoms with Crippen molar-refractivity contribution in [2.24, 2.45) is 11.7 Å². The number of nitrogens with two attached hydrogens (primary N) is 1. The molecule has 0 bridgehead atoms. The average Bonchev–Trinajstić information content (AvgIpc) is 2.50. The molecule has 1 aromatic carbocycles. The summed E-state index contributed by atoms with van der Waals surface area (Å²) in [5, 5.41) is 9.68. The molecule has 0 spiro atoms. The van der Waals surface area contributed by atoms with Gasteiger partial charge < -0.3 is 10.8 Å². The van der Waals surface area contributed by atoms with Crippen LogP contribution in [0, 0.1) is 5.92 Å². The topological polar surface area (TPSA) is 83.6 Å². The van der Waals surface area contributed by atoms with Crippen LogP contribution >= 0.6 is 0 Å². The summed E-state index contributed by atoms with van der Waals surface area (Å²) in [5.74, 6) is 0.182. The van der Waals surface area contributed by atoms with Crippen molar-refractivity contribution in [2.75, 3.05) is 19.7 Å². The molecule has 6 heteroatoms. The van der Waals surface area contributed by atoms with Crippen molar-refractivity contribution < 1.29 is 13.5 Å². The molecule has 22 heavy (non-hydrogen) atoms. The number of hydrogen-bond donors (Lipinski definition) is 2. The molecule has 0 saturated carbocycles. The first-order valence-corrected chi connectivity index (χ1v) is 9.25. The normalized spacial score (nSPS) is 13.7. The van der Waals surface area contributed by atoms with Gasteiger partial charge in [0.25, 0.3) is 0 Å². The van der Waals surface area contributed by atoms with Crippen LogP contribution in [0.2, 0.25) is 0 Å². The first-order valence-electron chi connectivity index (χ1n) is 7.81. The third-order valence-corrected chi connectivity index (χ3v) is 5.44. The zero-order valence-electron chi connectivity index (χ0n) is 13.5. The Morgan fingerprint density at radius 2 is 1.82 bits per heavy atom. The van der Waals surface area contributed by atoms with E-state index < -0.39 is 16.1 Å². The minimum absolute atomic E-state index is 0.177. The van der Waals surface area contributed by atoms with Crippen molar-refractivity contribution in [1.82, 2.24) is 4.31 Å². The van der Waals surface area contributed by atoms with Gasteiger partial charge in [0.2, 0.25) is 10.0 Å². The molecule has 1 rings (SSSR count). The zero-order chi connectivity index (χ0) is 16.6. The van der Waals surface area contributed by atoms with Gasteiger partial charge >= 0.3 is 0 Å². The number of nitrogens with zero attached hydrogens (tertiary/aromatic N) is 1. The molecule has 0 saturated heterocycles. The van der Waals surface area contributed by atoms with Crippen LogP contribution in [0.3, 0.4) is 0 Å². The summed E-state index contributed by atoms with van der Waals surface area (Å²) in [6.45, 7) is 4.74. The lowest BCUT2D eigenvalue weighted by Crippen LogP contribution is -2.44. The van der Waals surface area contributed by atoms with Crippen molar-refractivity contribution in [3.63, 3.8) is 0 Å². The summed E-state index contributed by atoms with van der Waals surface area (Å²) < 4.78 is 27.2. The first kappa shape index (κ1) is 19.1. The number of aliphatic hydroxyl groups excluding tert-OH is 1. The lowest BCUT2D eigenvalue weighted by atomic mass is 10.1. The SMILES string of the molecule is CC(C)CN([C@H](CO)CCCCN)S(=O)(=O)c1ccccc1. The van der Waals surface area contributed by atoms with E-state index in [9.17, 15) is 13.5 Å². The van der Waals surface area contributed by atoms with Gasteiger partial charge in [0.15, 0.2) is 0 Å². The highest BCUT2D eigenvalue weighted by molar-refractivity contribution is 7.89. The molecule has 0 radical (unpaired) electrons. The second kappa shape index (κ2) is 9.25. The van der Waals surface area contributed by atoms with Gasteiger partial charge in [-0.3, -0.25) is 0 Å². The highest BCUT2D eigenvalue weighted by atomic mass is 32.2. The number of unbranched alkanes of at least 4 members (excludes halogenated alkanes) is 1. The van der Waals surface area contributed by atoms with Crippen molar-refractivity contribution in [3.05, 3.63) is 30.3 Å². The van der Waals surface area contributed by atoms with Crippen LogP contribution in [0.25, 0.3) is 0 Å². The third kappa shape index (κ3) is 5.35. The standard InChI is InChI=1S/C16H28N2O3S/c1-14(2)12-18(15(13-19)8-6-7-11-17)22(20,21)16-9-4-3-5-10-16/h3-5,9-10,14-15,19H,6-8,11-13,17H2,1-2H3/t15-/m0/s1. The van der Waals surface area contributed by atoms with E-state index in [0.29, 0.717) is 19.5 Å². The minimum Gasteiger partial charge on any atom is -0.395 e. The Bertz CT molecular complexity index is 517. The monoisotopic (exact) mass is 328 g/mol. The summed E-state index contributed by atoms with van der Waals surface area (Å²) in [7, 11) is -3.60. The highest BCUT2D eigenvalue weighted by Gasteiger charge is 2.31. The second-order valence-electron chi connectivity index (χ2n) is 5.90. The van der Waals surface area contributed by atoms with E-state index >= 15 is 0 Å². The fraction of sp³-hybridized carbons (Fsp3) is 0.625. The summed E-state index contributed by atoms with van der Waals surface area (Å²) in [6.07, 6.45) is 2.25. The van der Waals surface area contributed by atoms with Gasteiger partial charge in [0.1, 0.15) is 0 Å². The van der Waals surface area contributed by atoms with Crippen molar-refractivity contribution in [2.45, 2.75) is 44.0 Å². The Balaban J connectivity index is 3.04. The molecular weight excluding hydrogens is 300 g/mol. The van der Waals surface area contributed by atoms with Crippen LogP contribution in [0.4, 0.5) is 0 Å². The van der Waals surface area contributed by atoms with E-state index in [1.165, 1.54) is 4.31 Å². The number of sulfonamides is 1. The number of benzene rings is 1. The zero-order valence-corrected chi connectivity index (χ0v) is 14.3. The van der Waals surface area contributed by atoms with Crippen LogP contribution < -0.4 is 5.73 Å². The van der Waals surface area contributed by atoms with E-state index in [1.54, 1.807) is 30.3 Å². The maximum absolute atomic E-state index is 12.9. The van der Waals surface area contributed by atoms with Gasteiger partial charge in [-0.2, -0.15) is 4.31 Å². The maximum Gasteiger partial charge on any atom is 0.243 e. The third-order valence-electron chi connectivity index (χ3n) is 3.50. The molecule has 0 fully saturated rings. The van der Waals surface area contributed by atoms with Crippen LogP contribution in [0.5, 0.6) is 0 Å². The number of hydrogen-bond acceptors (Lipinski definition) is 4. The summed E-state index contributed by atoms with van der Waals surface area (Å²) >= 11 is 0. The second-order valence-corrected chi connectivity index (χ2v) is 7.79. The summed E-state index contributed by atoms with van der Waals surface area (Å²) in [5.41, 5.74) is 5.50.